The van der Waals surface area contributed by atoms with Gasteiger partial charge in [0.2, 0.25) is 5.91 Å². The summed E-state index contributed by atoms with van der Waals surface area (Å²) in [6.45, 7) is 6.91. The van der Waals surface area contributed by atoms with E-state index in [4.69, 9.17) is 4.74 Å². The highest BCUT2D eigenvalue weighted by atomic mass is 16.5. The van der Waals surface area contributed by atoms with Gasteiger partial charge in [-0.25, -0.2) is 0 Å². The topological polar surface area (TPSA) is 41.6 Å². The highest BCUT2D eigenvalue weighted by Gasteiger charge is 2.26. The molecule has 1 amide bonds. The first-order valence-corrected chi connectivity index (χ1v) is 6.82. The van der Waals surface area contributed by atoms with Crippen LogP contribution in [0.25, 0.3) is 0 Å². The van der Waals surface area contributed by atoms with Crippen LogP contribution in [0.2, 0.25) is 0 Å². The summed E-state index contributed by atoms with van der Waals surface area (Å²) in [4.78, 5) is 14.1. The maximum Gasteiger partial charge on any atom is 0.222 e. The minimum Gasteiger partial charge on any atom is -0.375 e. The van der Waals surface area contributed by atoms with Crippen molar-refractivity contribution in [1.29, 1.82) is 0 Å². The second-order valence-corrected chi connectivity index (χ2v) is 5.33. The zero-order chi connectivity index (χ0) is 12.3. The van der Waals surface area contributed by atoms with Gasteiger partial charge in [-0.2, -0.15) is 0 Å². The molecule has 17 heavy (non-hydrogen) atoms. The van der Waals surface area contributed by atoms with Gasteiger partial charge in [-0.3, -0.25) is 4.79 Å². The monoisotopic (exact) mass is 240 g/mol. The molecule has 2 aliphatic heterocycles. The van der Waals surface area contributed by atoms with Crippen molar-refractivity contribution in [2.24, 2.45) is 0 Å². The van der Waals surface area contributed by atoms with Gasteiger partial charge in [-0.1, -0.05) is 0 Å². The van der Waals surface area contributed by atoms with Gasteiger partial charge in [0.1, 0.15) is 0 Å². The second-order valence-electron chi connectivity index (χ2n) is 5.33. The lowest BCUT2D eigenvalue weighted by Gasteiger charge is -2.34. The average molecular weight is 240 g/mol. The Labute approximate surface area is 104 Å². The van der Waals surface area contributed by atoms with Crippen molar-refractivity contribution in [2.45, 2.75) is 57.8 Å². The van der Waals surface area contributed by atoms with Crippen LogP contribution in [0.1, 0.15) is 39.5 Å². The fraction of sp³-hybridized carbons (Fsp3) is 0.923. The second kappa shape index (κ2) is 5.83. The zero-order valence-corrected chi connectivity index (χ0v) is 10.9. The first-order chi connectivity index (χ1) is 8.16. The molecule has 0 aliphatic carbocycles. The van der Waals surface area contributed by atoms with Crippen molar-refractivity contribution in [1.82, 2.24) is 10.2 Å². The van der Waals surface area contributed by atoms with E-state index in [1.54, 1.807) is 0 Å². The van der Waals surface area contributed by atoms with Crippen LogP contribution in [-0.2, 0) is 9.53 Å². The Balaban J connectivity index is 1.73. The molecular weight excluding hydrogens is 216 g/mol. The van der Waals surface area contributed by atoms with Crippen LogP contribution in [0.15, 0.2) is 0 Å². The molecule has 2 fully saturated rings. The van der Waals surface area contributed by atoms with E-state index in [9.17, 15) is 4.79 Å². The van der Waals surface area contributed by atoms with E-state index < -0.39 is 0 Å². The van der Waals surface area contributed by atoms with Crippen molar-refractivity contribution in [3.8, 4) is 0 Å². The number of rotatable bonds is 3. The lowest BCUT2D eigenvalue weighted by molar-refractivity contribution is -0.134. The van der Waals surface area contributed by atoms with E-state index in [1.165, 1.54) is 0 Å². The average Bonchev–Trinajstić information content (AvgIpc) is 2.73. The molecule has 3 atom stereocenters. The molecule has 0 saturated carbocycles. The highest BCUT2D eigenvalue weighted by Crippen LogP contribution is 2.23. The summed E-state index contributed by atoms with van der Waals surface area (Å²) in [5.74, 6) is 0.294. The molecule has 0 bridgehead atoms. The van der Waals surface area contributed by atoms with Crippen LogP contribution >= 0.6 is 0 Å². The van der Waals surface area contributed by atoms with E-state index in [0.29, 0.717) is 30.6 Å². The van der Waals surface area contributed by atoms with E-state index in [-0.39, 0.29) is 0 Å². The van der Waals surface area contributed by atoms with E-state index in [1.807, 2.05) is 4.90 Å². The third kappa shape index (κ3) is 3.42. The molecule has 2 heterocycles. The maximum atomic E-state index is 12.1. The number of hydrogen-bond donors (Lipinski definition) is 1. The van der Waals surface area contributed by atoms with Gasteiger partial charge in [0.05, 0.1) is 12.2 Å². The molecule has 0 radical (unpaired) electrons. The fourth-order valence-electron chi connectivity index (χ4n) is 2.74. The third-order valence-electron chi connectivity index (χ3n) is 3.82. The lowest BCUT2D eigenvalue weighted by atomic mass is 10.1. The highest BCUT2D eigenvalue weighted by molar-refractivity contribution is 5.76. The summed E-state index contributed by atoms with van der Waals surface area (Å²) in [7, 11) is 0. The molecule has 0 aromatic rings. The number of amides is 1. The van der Waals surface area contributed by atoms with Crippen LogP contribution in [0.3, 0.4) is 0 Å². The van der Waals surface area contributed by atoms with Crippen LogP contribution < -0.4 is 5.32 Å². The Hall–Kier alpha value is -0.610. The summed E-state index contributed by atoms with van der Waals surface area (Å²) in [6, 6.07) is 0.333. The third-order valence-corrected chi connectivity index (χ3v) is 3.82. The summed E-state index contributed by atoms with van der Waals surface area (Å²) in [6.07, 6.45) is 4.48. The van der Waals surface area contributed by atoms with Gasteiger partial charge in [0.25, 0.3) is 0 Å². The largest absolute Gasteiger partial charge is 0.375 e. The van der Waals surface area contributed by atoms with Crippen LogP contribution in [0.4, 0.5) is 0 Å². The zero-order valence-electron chi connectivity index (χ0n) is 10.9. The van der Waals surface area contributed by atoms with E-state index in [2.05, 4.69) is 19.2 Å². The number of piperazine rings is 1. The molecule has 98 valence electrons. The van der Waals surface area contributed by atoms with E-state index >= 15 is 0 Å². The molecule has 2 saturated heterocycles. The molecule has 4 nitrogen and oxygen atoms in total. The molecule has 2 rings (SSSR count). The van der Waals surface area contributed by atoms with Crippen molar-refractivity contribution in [3.63, 3.8) is 0 Å². The summed E-state index contributed by atoms with van der Waals surface area (Å²) in [5, 5.41) is 3.30. The first-order valence-electron chi connectivity index (χ1n) is 6.82. The summed E-state index contributed by atoms with van der Waals surface area (Å²) >= 11 is 0. The predicted octanol–water partition coefficient (Wildman–Crippen LogP) is 1.15. The number of carbonyl (C=O) groups is 1. The number of nitrogens with one attached hydrogen (secondary N) is 1. The Morgan fingerprint density at radius 3 is 2.88 bits per heavy atom. The van der Waals surface area contributed by atoms with Crippen molar-refractivity contribution in [2.75, 3.05) is 19.6 Å². The van der Waals surface area contributed by atoms with Crippen LogP contribution in [0, 0.1) is 0 Å². The number of carbonyl (C=O) groups excluding carboxylic acids is 1. The number of nitrogens with zero attached hydrogens (tertiary/aromatic N) is 1. The Bertz CT molecular complexity index is 270. The normalized spacial score (nSPS) is 34.0. The minimum atomic E-state index is 0.294. The summed E-state index contributed by atoms with van der Waals surface area (Å²) in [5.41, 5.74) is 0. The van der Waals surface area contributed by atoms with Crippen molar-refractivity contribution >= 4 is 5.91 Å². The first kappa shape index (κ1) is 12.8. The standard InChI is InChI=1S/C13H24N2O2/c1-10-9-14-7-8-15(10)13(16)6-5-12-4-3-11(2)17-12/h10-12,14H,3-9H2,1-2H3/t10-,11?,12?/m1/s1. The molecule has 0 aromatic heterocycles. The van der Waals surface area contributed by atoms with Gasteiger partial charge >= 0.3 is 0 Å². The maximum absolute atomic E-state index is 12.1. The fourth-order valence-corrected chi connectivity index (χ4v) is 2.74. The van der Waals surface area contributed by atoms with Gasteiger partial charge in [-0.05, 0) is 33.1 Å². The van der Waals surface area contributed by atoms with Crippen LogP contribution in [0.5, 0.6) is 0 Å². The molecule has 2 aliphatic rings. The smallest absolute Gasteiger partial charge is 0.222 e. The quantitative estimate of drug-likeness (QED) is 0.804. The minimum absolute atomic E-state index is 0.294. The van der Waals surface area contributed by atoms with Gasteiger partial charge in [-0.15, -0.1) is 0 Å². The molecule has 4 heteroatoms. The Morgan fingerprint density at radius 2 is 2.24 bits per heavy atom. The number of hydrogen-bond acceptors (Lipinski definition) is 3. The Morgan fingerprint density at radius 1 is 1.41 bits per heavy atom. The SMILES string of the molecule is CC1CCC(CCC(=O)N2CCNC[C@H]2C)O1. The number of ether oxygens (including phenoxy) is 1. The predicted molar refractivity (Wildman–Crippen MR) is 66.8 cm³/mol. The lowest BCUT2D eigenvalue weighted by Crippen LogP contribution is -2.52. The molecule has 0 spiro atoms. The van der Waals surface area contributed by atoms with Crippen LogP contribution in [-0.4, -0.2) is 48.7 Å². The Kier molecular flexibility index (Phi) is 4.40. The van der Waals surface area contributed by atoms with Gasteiger partial charge in [0, 0.05) is 32.1 Å². The molecule has 2 unspecified atom stereocenters. The van der Waals surface area contributed by atoms with Gasteiger partial charge in [0.15, 0.2) is 0 Å². The van der Waals surface area contributed by atoms with Crippen molar-refractivity contribution in [3.05, 3.63) is 0 Å². The molecular formula is C13H24N2O2. The molecule has 0 aromatic carbocycles. The summed E-state index contributed by atoms with van der Waals surface area (Å²) < 4.78 is 5.74. The van der Waals surface area contributed by atoms with E-state index in [0.717, 1.165) is 38.9 Å². The van der Waals surface area contributed by atoms with Crippen molar-refractivity contribution < 1.29 is 9.53 Å². The van der Waals surface area contributed by atoms with Gasteiger partial charge < -0.3 is 15.0 Å². The molecule has 1 N–H and O–H groups in total.